The molecule has 26 heavy (non-hydrogen) atoms. The van der Waals surface area contributed by atoms with Crippen molar-refractivity contribution < 1.29 is 4.79 Å². The van der Waals surface area contributed by atoms with Crippen LogP contribution in [0.2, 0.25) is 0 Å². The van der Waals surface area contributed by atoms with Gasteiger partial charge in [-0.15, -0.1) is 0 Å². The van der Waals surface area contributed by atoms with Gasteiger partial charge in [-0.1, -0.05) is 64.5 Å². The second-order valence-corrected chi connectivity index (χ2v) is 8.23. The van der Waals surface area contributed by atoms with Gasteiger partial charge in [-0.05, 0) is 36.0 Å². The number of carbonyl (C=O) groups is 1. The molecule has 3 nitrogen and oxygen atoms in total. The summed E-state index contributed by atoms with van der Waals surface area (Å²) >= 11 is 3.62. The van der Waals surface area contributed by atoms with Gasteiger partial charge in [0.25, 0.3) is 0 Å². The number of hydrogen-bond acceptors (Lipinski definition) is 2. The van der Waals surface area contributed by atoms with E-state index in [1.165, 1.54) is 11.1 Å². The number of amides is 1. The van der Waals surface area contributed by atoms with Crippen molar-refractivity contribution in [2.75, 3.05) is 32.7 Å². The monoisotopic (exact) mass is 412 g/mol. The summed E-state index contributed by atoms with van der Waals surface area (Å²) in [6.45, 7) is 4.80. The van der Waals surface area contributed by atoms with Crippen LogP contribution in [0.4, 0.5) is 0 Å². The summed E-state index contributed by atoms with van der Waals surface area (Å²) in [4.78, 5) is 17.4. The largest absolute Gasteiger partial charge is 0.340 e. The first-order chi connectivity index (χ1) is 12.7. The van der Waals surface area contributed by atoms with Gasteiger partial charge in [0, 0.05) is 43.1 Å². The lowest BCUT2D eigenvalue weighted by molar-refractivity contribution is -0.134. The molecule has 0 bridgehead atoms. The van der Waals surface area contributed by atoms with Gasteiger partial charge < -0.3 is 4.90 Å². The van der Waals surface area contributed by atoms with Crippen molar-refractivity contribution in [3.8, 4) is 0 Å². The molecule has 0 aromatic heterocycles. The Hall–Kier alpha value is -1.65. The second kappa shape index (κ2) is 7.93. The lowest BCUT2D eigenvalue weighted by Gasteiger charge is -2.35. The highest BCUT2D eigenvalue weighted by molar-refractivity contribution is 9.10. The third kappa shape index (κ3) is 4.02. The molecule has 4 rings (SSSR count). The van der Waals surface area contributed by atoms with Gasteiger partial charge >= 0.3 is 0 Å². The summed E-state index contributed by atoms with van der Waals surface area (Å²) in [6.07, 6.45) is 2.08. The van der Waals surface area contributed by atoms with Crippen LogP contribution in [0.15, 0.2) is 59.1 Å². The minimum atomic E-state index is 0.185. The molecule has 1 aliphatic heterocycles. The lowest BCUT2D eigenvalue weighted by atomic mass is 10.1. The van der Waals surface area contributed by atoms with Crippen LogP contribution in [0.25, 0.3) is 0 Å². The maximum absolute atomic E-state index is 12.8. The van der Waals surface area contributed by atoms with Crippen molar-refractivity contribution in [2.24, 2.45) is 5.92 Å². The van der Waals surface area contributed by atoms with Crippen LogP contribution in [-0.2, 0) is 11.2 Å². The van der Waals surface area contributed by atoms with E-state index in [4.69, 9.17) is 0 Å². The summed E-state index contributed by atoms with van der Waals surface area (Å²) in [6, 6.07) is 18.9. The number of nitrogens with zero attached hydrogens (tertiary/aromatic N) is 2. The van der Waals surface area contributed by atoms with E-state index in [0.29, 0.717) is 11.8 Å². The average molecular weight is 413 g/mol. The fourth-order valence-corrected chi connectivity index (χ4v) is 4.52. The average Bonchev–Trinajstić information content (AvgIpc) is 3.48. The summed E-state index contributed by atoms with van der Waals surface area (Å²) in [5.74, 6) is 0.937. The quantitative estimate of drug-likeness (QED) is 0.742. The van der Waals surface area contributed by atoms with Gasteiger partial charge in [0.2, 0.25) is 5.91 Å². The predicted octanol–water partition coefficient (Wildman–Crippen LogP) is 3.94. The fourth-order valence-electron chi connectivity index (χ4n) is 3.95. The van der Waals surface area contributed by atoms with Gasteiger partial charge in [-0.3, -0.25) is 9.69 Å². The van der Waals surface area contributed by atoms with E-state index in [-0.39, 0.29) is 5.92 Å². The third-order valence-electron chi connectivity index (χ3n) is 5.66. The number of halogens is 1. The molecular weight excluding hydrogens is 388 g/mol. The molecule has 0 spiro atoms. The molecule has 0 N–H and O–H groups in total. The highest BCUT2D eigenvalue weighted by atomic mass is 79.9. The topological polar surface area (TPSA) is 23.6 Å². The first-order valence-electron chi connectivity index (χ1n) is 9.52. The van der Waals surface area contributed by atoms with Crippen LogP contribution in [0.3, 0.4) is 0 Å². The smallest absolute Gasteiger partial charge is 0.226 e. The van der Waals surface area contributed by atoms with Gasteiger partial charge in [0.05, 0.1) is 0 Å². The summed E-state index contributed by atoms with van der Waals surface area (Å²) in [7, 11) is 0. The van der Waals surface area contributed by atoms with E-state index in [0.717, 1.165) is 50.0 Å². The Bertz CT molecular complexity index is 756. The van der Waals surface area contributed by atoms with Crippen LogP contribution in [0.1, 0.15) is 23.5 Å². The van der Waals surface area contributed by atoms with Gasteiger partial charge in [-0.2, -0.15) is 0 Å². The maximum atomic E-state index is 12.8. The minimum absolute atomic E-state index is 0.185. The standard InChI is InChI=1S/C22H25BrN2O/c23-21-9-5-4-8-18(21)19-16-20(19)22(26)25-14-12-24(13-15-25)11-10-17-6-2-1-3-7-17/h1-9,19-20H,10-16H2/t19-,20-/m0/s1. The molecule has 2 fully saturated rings. The van der Waals surface area contributed by atoms with E-state index in [1.54, 1.807) is 0 Å². The predicted molar refractivity (Wildman–Crippen MR) is 108 cm³/mol. The Kier molecular flexibility index (Phi) is 5.41. The Labute approximate surface area is 164 Å². The Balaban J connectivity index is 1.25. The number of hydrogen-bond donors (Lipinski definition) is 0. The SMILES string of the molecule is O=C([C@H]1C[C@H]1c1ccccc1Br)N1CCN(CCc2ccccc2)CC1. The van der Waals surface area contributed by atoms with Crippen molar-refractivity contribution >= 4 is 21.8 Å². The Morgan fingerprint density at radius 2 is 1.65 bits per heavy atom. The molecule has 1 amide bonds. The maximum Gasteiger partial charge on any atom is 0.226 e. The fraction of sp³-hybridized carbons (Fsp3) is 0.409. The molecule has 2 aromatic carbocycles. The Morgan fingerprint density at radius 3 is 2.38 bits per heavy atom. The number of benzene rings is 2. The Morgan fingerprint density at radius 1 is 0.962 bits per heavy atom. The molecule has 1 heterocycles. The highest BCUT2D eigenvalue weighted by Gasteiger charge is 2.46. The van der Waals surface area contributed by atoms with Crippen LogP contribution >= 0.6 is 15.9 Å². The molecule has 1 aliphatic carbocycles. The summed E-state index contributed by atoms with van der Waals surface area (Å²) in [5.41, 5.74) is 2.67. The molecule has 2 aliphatic rings. The van der Waals surface area contributed by atoms with E-state index in [1.807, 2.05) is 6.07 Å². The van der Waals surface area contributed by atoms with Crippen molar-refractivity contribution in [1.29, 1.82) is 0 Å². The van der Waals surface area contributed by atoms with Crippen LogP contribution in [0.5, 0.6) is 0 Å². The van der Waals surface area contributed by atoms with Gasteiger partial charge in [0.1, 0.15) is 0 Å². The van der Waals surface area contributed by atoms with Crippen LogP contribution < -0.4 is 0 Å². The van der Waals surface area contributed by atoms with E-state index in [9.17, 15) is 4.79 Å². The lowest BCUT2D eigenvalue weighted by Crippen LogP contribution is -2.49. The van der Waals surface area contributed by atoms with Crippen LogP contribution in [0, 0.1) is 5.92 Å². The van der Waals surface area contributed by atoms with E-state index < -0.39 is 0 Å². The third-order valence-corrected chi connectivity index (χ3v) is 6.38. The molecule has 136 valence electrons. The molecule has 2 atom stereocenters. The van der Waals surface area contributed by atoms with Crippen molar-refractivity contribution in [3.05, 3.63) is 70.2 Å². The van der Waals surface area contributed by atoms with E-state index in [2.05, 4.69) is 74.3 Å². The second-order valence-electron chi connectivity index (χ2n) is 7.37. The first-order valence-corrected chi connectivity index (χ1v) is 10.3. The van der Waals surface area contributed by atoms with E-state index >= 15 is 0 Å². The zero-order chi connectivity index (χ0) is 17.9. The summed E-state index contributed by atoms with van der Waals surface area (Å²) in [5, 5.41) is 0. The van der Waals surface area contributed by atoms with Crippen molar-refractivity contribution in [3.63, 3.8) is 0 Å². The van der Waals surface area contributed by atoms with Crippen LogP contribution in [-0.4, -0.2) is 48.4 Å². The minimum Gasteiger partial charge on any atom is -0.340 e. The van der Waals surface area contributed by atoms with Crippen molar-refractivity contribution in [2.45, 2.75) is 18.8 Å². The van der Waals surface area contributed by atoms with Crippen molar-refractivity contribution in [1.82, 2.24) is 9.80 Å². The molecule has 0 unspecified atom stereocenters. The molecule has 4 heteroatoms. The first kappa shape index (κ1) is 17.7. The normalized spacial score (nSPS) is 23.0. The molecule has 2 aromatic rings. The van der Waals surface area contributed by atoms with Gasteiger partial charge in [-0.25, -0.2) is 0 Å². The number of piperazine rings is 1. The molecule has 1 saturated heterocycles. The molecule has 0 radical (unpaired) electrons. The molecular formula is C22H25BrN2O. The highest BCUT2D eigenvalue weighted by Crippen LogP contribution is 2.50. The number of carbonyl (C=O) groups excluding carboxylic acids is 1. The molecule has 1 saturated carbocycles. The van der Waals surface area contributed by atoms with Gasteiger partial charge in [0.15, 0.2) is 0 Å². The zero-order valence-electron chi connectivity index (χ0n) is 15.0. The number of rotatable bonds is 5. The summed E-state index contributed by atoms with van der Waals surface area (Å²) < 4.78 is 1.13. The zero-order valence-corrected chi connectivity index (χ0v) is 16.6.